The fourth-order valence-corrected chi connectivity index (χ4v) is 3.20. The number of phenolic OH excluding ortho intramolecular Hbond substituents is 1. The van der Waals surface area contributed by atoms with E-state index in [2.05, 4.69) is 0 Å². The molecule has 0 aromatic heterocycles. The summed E-state index contributed by atoms with van der Waals surface area (Å²) in [6, 6.07) is 4.82. The Morgan fingerprint density at radius 1 is 1.33 bits per heavy atom. The number of carbonyl (C=O) groups is 1. The monoisotopic (exact) mass is 271 g/mol. The number of benzene rings is 1. The second-order valence-corrected chi connectivity index (χ2v) is 6.16. The van der Waals surface area contributed by atoms with Gasteiger partial charge in [-0.1, -0.05) is 6.07 Å². The van der Waals surface area contributed by atoms with Crippen LogP contribution in [0, 0.1) is 0 Å². The highest BCUT2D eigenvalue weighted by Gasteiger charge is 2.28. The highest BCUT2D eigenvalue weighted by molar-refractivity contribution is 7.89. The standard InChI is InChI=1S/C11H13NO5S/c13-10-2-1-8-3-4-12(6-9(8)5-10)18(16,17)7-11(14)15/h1-2,5,13H,3-4,6-7H2,(H,14,15). The molecule has 1 heterocycles. The number of carboxylic acids is 1. The van der Waals surface area contributed by atoms with Gasteiger partial charge >= 0.3 is 5.97 Å². The van der Waals surface area contributed by atoms with Crippen LogP contribution in [-0.2, 0) is 27.8 Å². The van der Waals surface area contributed by atoms with Gasteiger partial charge in [-0.2, -0.15) is 4.31 Å². The van der Waals surface area contributed by atoms with Crippen molar-refractivity contribution in [3.8, 4) is 5.75 Å². The van der Waals surface area contributed by atoms with Crippen molar-refractivity contribution in [2.45, 2.75) is 13.0 Å². The number of hydrogen-bond donors (Lipinski definition) is 2. The van der Waals surface area contributed by atoms with Crippen LogP contribution in [0.2, 0.25) is 0 Å². The fraction of sp³-hybridized carbons (Fsp3) is 0.364. The number of phenols is 1. The number of nitrogens with zero attached hydrogens (tertiary/aromatic N) is 1. The van der Waals surface area contributed by atoms with Crippen molar-refractivity contribution in [2.24, 2.45) is 0 Å². The molecule has 18 heavy (non-hydrogen) atoms. The average molecular weight is 271 g/mol. The number of carboxylic acid groups (broad SMARTS) is 1. The Labute approximate surface area is 105 Å². The Bertz CT molecular complexity index is 581. The van der Waals surface area contributed by atoms with Gasteiger partial charge in [0.15, 0.2) is 5.75 Å². The summed E-state index contributed by atoms with van der Waals surface area (Å²) in [5, 5.41) is 17.9. The van der Waals surface area contributed by atoms with Crippen molar-refractivity contribution in [1.29, 1.82) is 0 Å². The van der Waals surface area contributed by atoms with Crippen LogP contribution in [0.1, 0.15) is 11.1 Å². The lowest BCUT2D eigenvalue weighted by Gasteiger charge is -2.27. The van der Waals surface area contributed by atoms with Crippen molar-refractivity contribution < 1.29 is 23.4 Å². The molecule has 0 aliphatic carbocycles. The van der Waals surface area contributed by atoms with Crippen LogP contribution in [0.3, 0.4) is 0 Å². The summed E-state index contributed by atoms with van der Waals surface area (Å²) in [4.78, 5) is 10.5. The molecule has 0 saturated heterocycles. The molecular weight excluding hydrogens is 258 g/mol. The van der Waals surface area contributed by atoms with Crippen LogP contribution < -0.4 is 0 Å². The Hall–Kier alpha value is -1.60. The normalized spacial score (nSPS) is 16.2. The summed E-state index contributed by atoms with van der Waals surface area (Å²) in [7, 11) is -3.79. The topological polar surface area (TPSA) is 94.9 Å². The third-order valence-corrected chi connectivity index (χ3v) is 4.58. The van der Waals surface area contributed by atoms with Crippen LogP contribution in [0.4, 0.5) is 0 Å². The molecule has 0 radical (unpaired) electrons. The molecule has 1 aliphatic rings. The third kappa shape index (κ3) is 2.62. The Balaban J connectivity index is 2.24. The van der Waals surface area contributed by atoms with E-state index in [1.54, 1.807) is 12.1 Å². The highest BCUT2D eigenvalue weighted by Crippen LogP contribution is 2.24. The molecule has 0 unspecified atom stereocenters. The summed E-state index contributed by atoms with van der Waals surface area (Å²) in [5.74, 6) is -2.19. The lowest BCUT2D eigenvalue weighted by atomic mass is 10.0. The van der Waals surface area contributed by atoms with Gasteiger partial charge < -0.3 is 10.2 Å². The third-order valence-electron chi connectivity index (χ3n) is 2.87. The number of sulfonamides is 1. The van der Waals surface area contributed by atoms with E-state index >= 15 is 0 Å². The number of aliphatic carboxylic acids is 1. The minimum Gasteiger partial charge on any atom is -0.508 e. The Morgan fingerprint density at radius 2 is 2.06 bits per heavy atom. The highest BCUT2D eigenvalue weighted by atomic mass is 32.2. The largest absolute Gasteiger partial charge is 0.508 e. The maximum atomic E-state index is 11.8. The smallest absolute Gasteiger partial charge is 0.320 e. The molecule has 98 valence electrons. The van der Waals surface area contributed by atoms with E-state index in [1.807, 2.05) is 0 Å². The molecule has 0 fully saturated rings. The Morgan fingerprint density at radius 3 is 2.72 bits per heavy atom. The van der Waals surface area contributed by atoms with E-state index in [0.717, 1.165) is 15.4 Å². The van der Waals surface area contributed by atoms with E-state index in [9.17, 15) is 18.3 Å². The predicted molar refractivity (Wildman–Crippen MR) is 63.6 cm³/mol. The maximum absolute atomic E-state index is 11.8. The molecular formula is C11H13NO5S. The van der Waals surface area contributed by atoms with Crippen LogP contribution in [0.5, 0.6) is 5.75 Å². The van der Waals surface area contributed by atoms with Gasteiger partial charge in [-0.3, -0.25) is 4.79 Å². The van der Waals surface area contributed by atoms with E-state index < -0.39 is 21.7 Å². The van der Waals surface area contributed by atoms with Crippen molar-refractivity contribution in [3.05, 3.63) is 29.3 Å². The Kier molecular flexibility index (Phi) is 3.27. The fourth-order valence-electron chi connectivity index (χ4n) is 2.00. The first kappa shape index (κ1) is 12.8. The van der Waals surface area contributed by atoms with E-state index in [-0.39, 0.29) is 18.8 Å². The lowest BCUT2D eigenvalue weighted by Crippen LogP contribution is -2.39. The summed E-state index contributed by atoms with van der Waals surface area (Å²) in [6.07, 6.45) is 0.522. The van der Waals surface area contributed by atoms with E-state index in [1.165, 1.54) is 6.07 Å². The van der Waals surface area contributed by atoms with E-state index in [4.69, 9.17) is 5.11 Å². The number of hydrogen-bond acceptors (Lipinski definition) is 4. The van der Waals surface area contributed by atoms with Gasteiger partial charge in [0, 0.05) is 13.1 Å². The summed E-state index contributed by atoms with van der Waals surface area (Å²) in [6.45, 7) is 0.382. The quantitative estimate of drug-likeness (QED) is 0.817. The van der Waals surface area contributed by atoms with Gasteiger partial charge in [0.25, 0.3) is 0 Å². The van der Waals surface area contributed by atoms with E-state index in [0.29, 0.717) is 6.42 Å². The molecule has 2 N–H and O–H groups in total. The SMILES string of the molecule is O=C(O)CS(=O)(=O)N1CCc2ccc(O)cc2C1. The molecule has 1 aromatic carbocycles. The minimum absolute atomic E-state index is 0.0752. The molecule has 1 aromatic rings. The van der Waals surface area contributed by atoms with Gasteiger partial charge in [-0.05, 0) is 29.7 Å². The average Bonchev–Trinajstić information content (AvgIpc) is 2.26. The predicted octanol–water partition coefficient (Wildman–Crippen LogP) is 0.165. The molecule has 0 bridgehead atoms. The first-order chi connectivity index (χ1) is 8.38. The van der Waals surface area contributed by atoms with Crippen molar-refractivity contribution in [3.63, 3.8) is 0 Å². The summed E-state index contributed by atoms with van der Waals surface area (Å²) in [5.41, 5.74) is 1.70. The number of fused-ring (bicyclic) bond motifs is 1. The second kappa shape index (κ2) is 4.58. The number of rotatable bonds is 3. The zero-order valence-corrected chi connectivity index (χ0v) is 10.4. The lowest BCUT2D eigenvalue weighted by molar-refractivity contribution is -0.134. The zero-order chi connectivity index (χ0) is 13.3. The van der Waals surface area contributed by atoms with Crippen LogP contribution in [0.15, 0.2) is 18.2 Å². The van der Waals surface area contributed by atoms with Crippen molar-refractivity contribution in [1.82, 2.24) is 4.31 Å². The maximum Gasteiger partial charge on any atom is 0.320 e. The van der Waals surface area contributed by atoms with Crippen LogP contribution >= 0.6 is 0 Å². The first-order valence-electron chi connectivity index (χ1n) is 5.39. The van der Waals surface area contributed by atoms with Crippen LogP contribution in [-0.4, -0.2) is 41.2 Å². The number of aromatic hydroxyl groups is 1. The van der Waals surface area contributed by atoms with Crippen molar-refractivity contribution in [2.75, 3.05) is 12.3 Å². The van der Waals surface area contributed by atoms with Gasteiger partial charge in [0.05, 0.1) is 0 Å². The van der Waals surface area contributed by atoms with Crippen molar-refractivity contribution >= 4 is 16.0 Å². The van der Waals surface area contributed by atoms with Gasteiger partial charge in [-0.15, -0.1) is 0 Å². The molecule has 6 nitrogen and oxygen atoms in total. The molecule has 0 amide bonds. The molecule has 0 atom stereocenters. The molecule has 1 aliphatic heterocycles. The van der Waals surface area contributed by atoms with Gasteiger partial charge in [0.2, 0.25) is 10.0 Å². The second-order valence-electron chi connectivity index (χ2n) is 4.19. The van der Waals surface area contributed by atoms with Crippen LogP contribution in [0.25, 0.3) is 0 Å². The van der Waals surface area contributed by atoms with Gasteiger partial charge in [-0.25, -0.2) is 8.42 Å². The van der Waals surface area contributed by atoms with Gasteiger partial charge in [0.1, 0.15) is 5.75 Å². The first-order valence-corrected chi connectivity index (χ1v) is 7.00. The summed E-state index contributed by atoms with van der Waals surface area (Å²) >= 11 is 0. The molecule has 2 rings (SSSR count). The minimum atomic E-state index is -3.79. The molecule has 0 saturated carbocycles. The molecule has 0 spiro atoms. The molecule has 7 heteroatoms. The zero-order valence-electron chi connectivity index (χ0n) is 9.54. The summed E-state index contributed by atoms with van der Waals surface area (Å²) < 4.78 is 24.7.